The summed E-state index contributed by atoms with van der Waals surface area (Å²) in [7, 11) is 0. The van der Waals surface area contributed by atoms with Crippen molar-refractivity contribution in [2.24, 2.45) is 5.73 Å². The Balaban J connectivity index is 2.19. The number of carbonyl (C=O) groups excluding carboxylic acids is 2. The Morgan fingerprint density at radius 2 is 2.17 bits per heavy atom. The SMILES string of the molecule is Cc1cc(C)c2c(c1)NC(=O)C2NCCC(N)=O. The van der Waals surface area contributed by atoms with Gasteiger partial charge in [-0.25, -0.2) is 0 Å². The normalized spacial score (nSPS) is 17.4. The molecular formula is C13H17N3O2. The highest BCUT2D eigenvalue weighted by Gasteiger charge is 2.31. The standard InChI is InChI=1S/C13H17N3O2/c1-7-5-8(2)11-9(6-7)16-13(18)12(11)15-4-3-10(14)17/h5-6,12,15H,3-4H2,1-2H3,(H2,14,17)(H,16,18). The average Bonchev–Trinajstić information content (AvgIpc) is 2.54. The summed E-state index contributed by atoms with van der Waals surface area (Å²) < 4.78 is 0. The van der Waals surface area contributed by atoms with E-state index in [1.54, 1.807) is 0 Å². The third-order valence-electron chi connectivity index (χ3n) is 3.06. The molecule has 1 atom stereocenters. The molecule has 0 saturated heterocycles. The molecule has 0 fully saturated rings. The zero-order valence-electron chi connectivity index (χ0n) is 10.5. The van der Waals surface area contributed by atoms with E-state index < -0.39 is 0 Å². The van der Waals surface area contributed by atoms with Gasteiger partial charge in [0, 0.05) is 24.2 Å². The molecule has 0 aliphatic carbocycles. The van der Waals surface area contributed by atoms with Crippen LogP contribution in [0.1, 0.15) is 29.2 Å². The second-order valence-electron chi connectivity index (χ2n) is 4.64. The molecule has 0 radical (unpaired) electrons. The maximum Gasteiger partial charge on any atom is 0.246 e. The van der Waals surface area contributed by atoms with Crippen LogP contribution in [0, 0.1) is 13.8 Å². The predicted octanol–water partition coefficient (Wildman–Crippen LogP) is 0.762. The van der Waals surface area contributed by atoms with E-state index in [1.165, 1.54) is 0 Å². The predicted molar refractivity (Wildman–Crippen MR) is 69.1 cm³/mol. The number of primary amides is 1. The van der Waals surface area contributed by atoms with Gasteiger partial charge in [0.1, 0.15) is 6.04 Å². The zero-order valence-corrected chi connectivity index (χ0v) is 10.5. The maximum atomic E-state index is 11.9. The lowest BCUT2D eigenvalue weighted by Crippen LogP contribution is -2.30. The number of hydrogen-bond acceptors (Lipinski definition) is 3. The van der Waals surface area contributed by atoms with Crippen molar-refractivity contribution in [1.29, 1.82) is 0 Å². The van der Waals surface area contributed by atoms with Crippen molar-refractivity contribution in [2.75, 3.05) is 11.9 Å². The van der Waals surface area contributed by atoms with Crippen molar-refractivity contribution in [1.82, 2.24) is 5.32 Å². The van der Waals surface area contributed by atoms with Crippen LogP contribution in [0.2, 0.25) is 0 Å². The Morgan fingerprint density at radius 1 is 1.44 bits per heavy atom. The molecule has 0 spiro atoms. The van der Waals surface area contributed by atoms with E-state index in [4.69, 9.17) is 5.73 Å². The first-order valence-corrected chi connectivity index (χ1v) is 5.92. The van der Waals surface area contributed by atoms with Gasteiger partial charge in [0.25, 0.3) is 0 Å². The van der Waals surface area contributed by atoms with Gasteiger partial charge in [-0.05, 0) is 31.0 Å². The molecule has 1 aliphatic rings. The Hall–Kier alpha value is -1.88. The van der Waals surface area contributed by atoms with Crippen molar-refractivity contribution in [3.63, 3.8) is 0 Å². The molecule has 1 unspecified atom stereocenters. The molecule has 0 aromatic heterocycles. The van der Waals surface area contributed by atoms with Gasteiger partial charge in [0.2, 0.25) is 11.8 Å². The molecule has 5 heteroatoms. The van der Waals surface area contributed by atoms with Gasteiger partial charge in [0.15, 0.2) is 0 Å². The fourth-order valence-electron chi connectivity index (χ4n) is 2.34. The number of benzene rings is 1. The molecule has 0 bridgehead atoms. The van der Waals surface area contributed by atoms with Crippen LogP contribution in [0.25, 0.3) is 0 Å². The van der Waals surface area contributed by atoms with Crippen molar-refractivity contribution in [2.45, 2.75) is 26.3 Å². The Labute approximate surface area is 106 Å². The van der Waals surface area contributed by atoms with E-state index in [9.17, 15) is 9.59 Å². The van der Waals surface area contributed by atoms with E-state index in [-0.39, 0.29) is 24.3 Å². The zero-order chi connectivity index (χ0) is 13.3. The number of carbonyl (C=O) groups is 2. The van der Waals surface area contributed by atoms with E-state index >= 15 is 0 Å². The molecule has 2 rings (SSSR count). The second kappa shape index (κ2) is 4.78. The Kier molecular flexibility index (Phi) is 3.34. The highest BCUT2D eigenvalue weighted by atomic mass is 16.2. The van der Waals surface area contributed by atoms with Crippen LogP contribution >= 0.6 is 0 Å². The van der Waals surface area contributed by atoms with Gasteiger partial charge in [-0.3, -0.25) is 9.59 Å². The molecule has 1 aliphatic heterocycles. The lowest BCUT2D eigenvalue weighted by atomic mass is 10.00. The topological polar surface area (TPSA) is 84.2 Å². The van der Waals surface area contributed by atoms with Gasteiger partial charge in [-0.1, -0.05) is 6.07 Å². The maximum absolute atomic E-state index is 11.9. The number of rotatable bonds is 4. The molecule has 5 nitrogen and oxygen atoms in total. The van der Waals surface area contributed by atoms with E-state index in [1.807, 2.05) is 26.0 Å². The number of fused-ring (bicyclic) bond motifs is 1. The Morgan fingerprint density at radius 3 is 2.83 bits per heavy atom. The number of nitrogens with two attached hydrogens (primary N) is 1. The monoisotopic (exact) mass is 247 g/mol. The van der Waals surface area contributed by atoms with Crippen LogP contribution in [0.5, 0.6) is 0 Å². The molecule has 1 aromatic rings. The number of anilines is 1. The summed E-state index contributed by atoms with van der Waals surface area (Å²) in [6.07, 6.45) is 0.226. The fourth-order valence-corrected chi connectivity index (χ4v) is 2.34. The molecule has 2 amide bonds. The fraction of sp³-hybridized carbons (Fsp3) is 0.385. The van der Waals surface area contributed by atoms with Crippen LogP contribution in [-0.2, 0) is 9.59 Å². The molecule has 18 heavy (non-hydrogen) atoms. The minimum atomic E-state index is -0.389. The van der Waals surface area contributed by atoms with Gasteiger partial charge in [0.05, 0.1) is 0 Å². The molecule has 0 saturated carbocycles. The first-order chi connectivity index (χ1) is 8.49. The van der Waals surface area contributed by atoms with Crippen LogP contribution in [0.15, 0.2) is 12.1 Å². The first-order valence-electron chi connectivity index (χ1n) is 5.92. The lowest BCUT2D eigenvalue weighted by molar-refractivity contribution is -0.119. The quantitative estimate of drug-likeness (QED) is 0.734. The second-order valence-corrected chi connectivity index (χ2v) is 4.64. The average molecular weight is 247 g/mol. The molecular weight excluding hydrogens is 230 g/mol. The highest BCUT2D eigenvalue weighted by molar-refractivity contribution is 6.03. The van der Waals surface area contributed by atoms with E-state index in [0.717, 1.165) is 22.4 Å². The third kappa shape index (κ3) is 2.36. The minimum absolute atomic E-state index is 0.0804. The van der Waals surface area contributed by atoms with Crippen LogP contribution in [0.3, 0.4) is 0 Å². The molecule has 1 aromatic carbocycles. The number of aryl methyl sites for hydroxylation is 2. The molecule has 1 heterocycles. The highest BCUT2D eigenvalue weighted by Crippen LogP contribution is 2.34. The van der Waals surface area contributed by atoms with Crippen molar-refractivity contribution in [3.05, 3.63) is 28.8 Å². The van der Waals surface area contributed by atoms with Crippen molar-refractivity contribution in [3.8, 4) is 0 Å². The Bertz CT molecular complexity index is 511. The van der Waals surface area contributed by atoms with Gasteiger partial charge in [-0.15, -0.1) is 0 Å². The number of hydrogen-bond donors (Lipinski definition) is 3. The van der Waals surface area contributed by atoms with Crippen LogP contribution in [-0.4, -0.2) is 18.4 Å². The lowest BCUT2D eigenvalue weighted by Gasteiger charge is -2.13. The molecule has 96 valence electrons. The number of nitrogens with one attached hydrogen (secondary N) is 2. The number of amides is 2. The summed E-state index contributed by atoms with van der Waals surface area (Å²) in [6, 6.07) is 3.61. The van der Waals surface area contributed by atoms with Gasteiger partial charge < -0.3 is 16.4 Å². The minimum Gasteiger partial charge on any atom is -0.370 e. The van der Waals surface area contributed by atoms with Crippen LogP contribution in [0.4, 0.5) is 5.69 Å². The smallest absolute Gasteiger partial charge is 0.246 e. The van der Waals surface area contributed by atoms with Gasteiger partial charge >= 0.3 is 0 Å². The van der Waals surface area contributed by atoms with Gasteiger partial charge in [-0.2, -0.15) is 0 Å². The third-order valence-corrected chi connectivity index (χ3v) is 3.06. The largest absolute Gasteiger partial charge is 0.370 e. The van der Waals surface area contributed by atoms with Crippen LogP contribution < -0.4 is 16.4 Å². The molecule has 4 N–H and O–H groups in total. The summed E-state index contributed by atoms with van der Waals surface area (Å²) in [6.45, 7) is 4.38. The van der Waals surface area contributed by atoms with E-state index in [2.05, 4.69) is 10.6 Å². The van der Waals surface area contributed by atoms with E-state index in [0.29, 0.717) is 6.54 Å². The summed E-state index contributed by atoms with van der Waals surface area (Å²) in [5.41, 5.74) is 9.08. The first kappa shape index (κ1) is 12.6. The summed E-state index contributed by atoms with van der Waals surface area (Å²) in [5, 5.41) is 5.92. The van der Waals surface area contributed by atoms with Crippen molar-refractivity contribution >= 4 is 17.5 Å². The summed E-state index contributed by atoms with van der Waals surface area (Å²) in [4.78, 5) is 22.6. The summed E-state index contributed by atoms with van der Waals surface area (Å²) >= 11 is 0. The summed E-state index contributed by atoms with van der Waals surface area (Å²) in [5.74, 6) is -0.454. The van der Waals surface area contributed by atoms with Crippen molar-refractivity contribution < 1.29 is 9.59 Å².